The molecule has 1 aromatic rings. The fraction of sp³-hybridized carbons (Fsp3) is 0.385. The van der Waals surface area contributed by atoms with Gasteiger partial charge >= 0.3 is 6.03 Å². The number of nitrogens with zero attached hydrogens (tertiary/aromatic N) is 1. The number of rotatable bonds is 4. The van der Waals surface area contributed by atoms with E-state index in [0.29, 0.717) is 18.9 Å². The fourth-order valence-electron chi connectivity index (χ4n) is 1.27. The zero-order valence-corrected chi connectivity index (χ0v) is 10.5. The molecule has 0 aromatic carbocycles. The topological polar surface area (TPSA) is 80.0 Å². The second-order valence-corrected chi connectivity index (χ2v) is 3.67. The van der Waals surface area contributed by atoms with Crippen molar-refractivity contribution in [2.24, 2.45) is 5.73 Å². The summed E-state index contributed by atoms with van der Waals surface area (Å²) < 4.78 is 0. The third-order valence-corrected chi connectivity index (χ3v) is 2.15. The summed E-state index contributed by atoms with van der Waals surface area (Å²) >= 11 is 0. The second kappa shape index (κ2) is 8.09. The molecule has 0 saturated heterocycles. The number of unbranched alkanes of at least 4 members (excludes halogenated alkanes) is 1. The minimum absolute atomic E-state index is 0.250. The number of pyridine rings is 1. The van der Waals surface area contributed by atoms with E-state index in [9.17, 15) is 4.79 Å². The van der Waals surface area contributed by atoms with Crippen LogP contribution in [0.15, 0.2) is 18.3 Å². The molecule has 5 heteroatoms. The highest BCUT2D eigenvalue weighted by molar-refractivity contribution is 5.88. The maximum Gasteiger partial charge on any atom is 0.320 e. The Morgan fingerprint density at radius 2 is 2.39 bits per heavy atom. The third-order valence-electron chi connectivity index (χ3n) is 2.15. The Morgan fingerprint density at radius 3 is 3.11 bits per heavy atom. The summed E-state index contributed by atoms with van der Waals surface area (Å²) in [5.41, 5.74) is 6.07. The normalized spacial score (nSPS) is 9.22. The van der Waals surface area contributed by atoms with Crippen molar-refractivity contribution in [2.75, 3.05) is 18.4 Å². The Labute approximate surface area is 107 Å². The molecular weight excluding hydrogens is 228 g/mol. The van der Waals surface area contributed by atoms with Crippen LogP contribution in [0.5, 0.6) is 0 Å². The van der Waals surface area contributed by atoms with Crippen LogP contribution in [0.4, 0.5) is 10.6 Å². The third kappa shape index (κ3) is 5.32. The lowest BCUT2D eigenvalue weighted by Crippen LogP contribution is -2.29. The molecule has 1 heterocycles. The number of carbonyl (C=O) groups is 1. The molecule has 1 rings (SSSR count). The SMILES string of the molecule is CCCCNC(=O)Nc1cc(C#CCN)ccn1. The average molecular weight is 246 g/mol. The zero-order valence-electron chi connectivity index (χ0n) is 10.5. The van der Waals surface area contributed by atoms with E-state index in [1.807, 2.05) is 0 Å². The van der Waals surface area contributed by atoms with Crippen molar-refractivity contribution in [1.82, 2.24) is 10.3 Å². The highest BCUT2D eigenvalue weighted by Crippen LogP contribution is 2.05. The summed E-state index contributed by atoms with van der Waals surface area (Å²) in [6.45, 7) is 3.04. The first-order chi connectivity index (χ1) is 8.76. The predicted molar refractivity (Wildman–Crippen MR) is 72.1 cm³/mol. The number of anilines is 1. The van der Waals surface area contributed by atoms with Gasteiger partial charge in [0.05, 0.1) is 6.54 Å². The van der Waals surface area contributed by atoms with E-state index < -0.39 is 0 Å². The minimum atomic E-state index is -0.250. The number of aromatic nitrogens is 1. The van der Waals surface area contributed by atoms with E-state index in [-0.39, 0.29) is 6.03 Å². The Kier molecular flexibility index (Phi) is 6.30. The van der Waals surface area contributed by atoms with Crippen molar-refractivity contribution in [3.63, 3.8) is 0 Å². The van der Waals surface area contributed by atoms with E-state index in [0.717, 1.165) is 18.4 Å². The van der Waals surface area contributed by atoms with Crippen LogP contribution in [-0.2, 0) is 0 Å². The lowest BCUT2D eigenvalue weighted by molar-refractivity contribution is 0.252. The van der Waals surface area contributed by atoms with Gasteiger partial charge in [-0.15, -0.1) is 0 Å². The maximum absolute atomic E-state index is 11.5. The molecule has 96 valence electrons. The van der Waals surface area contributed by atoms with Crippen LogP contribution in [0, 0.1) is 11.8 Å². The highest BCUT2D eigenvalue weighted by atomic mass is 16.2. The molecule has 0 spiro atoms. The van der Waals surface area contributed by atoms with Crippen molar-refractivity contribution < 1.29 is 4.79 Å². The van der Waals surface area contributed by atoms with Gasteiger partial charge in [-0.25, -0.2) is 9.78 Å². The summed E-state index contributed by atoms with van der Waals surface area (Å²) in [5, 5.41) is 5.41. The minimum Gasteiger partial charge on any atom is -0.338 e. The molecule has 18 heavy (non-hydrogen) atoms. The van der Waals surface area contributed by atoms with Gasteiger partial charge in [-0.2, -0.15) is 0 Å². The molecule has 5 nitrogen and oxygen atoms in total. The Bertz CT molecular complexity index is 448. The molecule has 0 aliphatic carbocycles. The lowest BCUT2D eigenvalue weighted by Gasteiger charge is -2.06. The summed E-state index contributed by atoms with van der Waals surface area (Å²) in [7, 11) is 0. The van der Waals surface area contributed by atoms with Gasteiger partial charge in [0.25, 0.3) is 0 Å². The molecule has 0 atom stereocenters. The summed E-state index contributed by atoms with van der Waals surface area (Å²) in [6, 6.07) is 3.23. The molecule has 0 unspecified atom stereocenters. The van der Waals surface area contributed by atoms with Gasteiger partial charge in [0.15, 0.2) is 0 Å². The van der Waals surface area contributed by atoms with Crippen LogP contribution >= 0.6 is 0 Å². The summed E-state index contributed by atoms with van der Waals surface area (Å²) in [6.07, 6.45) is 3.60. The summed E-state index contributed by atoms with van der Waals surface area (Å²) in [4.78, 5) is 15.5. The smallest absolute Gasteiger partial charge is 0.320 e. The number of carbonyl (C=O) groups excluding carboxylic acids is 1. The molecule has 0 saturated carbocycles. The van der Waals surface area contributed by atoms with Crippen LogP contribution in [0.1, 0.15) is 25.3 Å². The van der Waals surface area contributed by atoms with Crippen LogP contribution in [0.25, 0.3) is 0 Å². The van der Waals surface area contributed by atoms with Gasteiger partial charge in [-0.3, -0.25) is 5.32 Å². The van der Waals surface area contributed by atoms with Crippen molar-refractivity contribution in [2.45, 2.75) is 19.8 Å². The molecule has 0 radical (unpaired) electrons. The maximum atomic E-state index is 11.5. The summed E-state index contributed by atoms with van der Waals surface area (Å²) in [5.74, 6) is 6.11. The predicted octanol–water partition coefficient (Wildman–Crippen LogP) is 1.31. The van der Waals surface area contributed by atoms with Crippen molar-refractivity contribution in [1.29, 1.82) is 0 Å². The molecule has 0 bridgehead atoms. The van der Waals surface area contributed by atoms with Crippen molar-refractivity contribution >= 4 is 11.8 Å². The molecule has 4 N–H and O–H groups in total. The first-order valence-electron chi connectivity index (χ1n) is 5.96. The van der Waals surface area contributed by atoms with Gasteiger partial charge in [-0.05, 0) is 18.6 Å². The van der Waals surface area contributed by atoms with E-state index in [1.54, 1.807) is 18.3 Å². The number of nitrogens with two attached hydrogens (primary N) is 1. The number of hydrogen-bond acceptors (Lipinski definition) is 3. The van der Waals surface area contributed by atoms with E-state index >= 15 is 0 Å². The van der Waals surface area contributed by atoms with Gasteiger partial charge in [0.2, 0.25) is 0 Å². The fourth-order valence-corrected chi connectivity index (χ4v) is 1.27. The van der Waals surface area contributed by atoms with E-state index in [2.05, 4.69) is 34.4 Å². The van der Waals surface area contributed by atoms with Crippen LogP contribution in [-0.4, -0.2) is 24.1 Å². The lowest BCUT2D eigenvalue weighted by atomic mass is 10.2. The number of amides is 2. The molecule has 1 aromatic heterocycles. The first-order valence-corrected chi connectivity index (χ1v) is 5.96. The Balaban J connectivity index is 2.53. The van der Waals surface area contributed by atoms with E-state index in [1.165, 1.54) is 0 Å². The van der Waals surface area contributed by atoms with Gasteiger partial charge in [0.1, 0.15) is 5.82 Å². The van der Waals surface area contributed by atoms with Crippen molar-refractivity contribution in [3.05, 3.63) is 23.9 Å². The number of urea groups is 1. The Hall–Kier alpha value is -2.06. The molecule has 0 aliphatic rings. The van der Waals surface area contributed by atoms with Crippen LogP contribution in [0.3, 0.4) is 0 Å². The molecule has 0 fully saturated rings. The van der Waals surface area contributed by atoms with E-state index in [4.69, 9.17) is 5.73 Å². The molecule has 2 amide bonds. The quantitative estimate of drug-likeness (QED) is 0.553. The molecule has 0 aliphatic heterocycles. The number of hydrogen-bond donors (Lipinski definition) is 3. The standard InChI is InChI=1S/C13H18N4O/c1-2-3-8-16-13(18)17-12-10-11(5-4-7-14)6-9-15-12/h6,9-10H,2-3,7-8,14H2,1H3,(H2,15,16,17,18). The van der Waals surface area contributed by atoms with Gasteiger partial charge in [0, 0.05) is 18.3 Å². The molecular formula is C13H18N4O. The highest BCUT2D eigenvalue weighted by Gasteiger charge is 2.01. The van der Waals surface area contributed by atoms with Crippen molar-refractivity contribution in [3.8, 4) is 11.8 Å². The monoisotopic (exact) mass is 246 g/mol. The van der Waals surface area contributed by atoms with Gasteiger partial charge in [-0.1, -0.05) is 25.2 Å². The largest absolute Gasteiger partial charge is 0.338 e. The first kappa shape index (κ1) is 14.0. The van der Waals surface area contributed by atoms with Gasteiger partial charge < -0.3 is 11.1 Å². The second-order valence-electron chi connectivity index (χ2n) is 3.67. The Morgan fingerprint density at radius 1 is 1.56 bits per heavy atom. The van der Waals surface area contributed by atoms with Crippen LogP contribution < -0.4 is 16.4 Å². The van der Waals surface area contributed by atoms with Crippen LogP contribution in [0.2, 0.25) is 0 Å². The zero-order chi connectivity index (χ0) is 13.2. The average Bonchev–Trinajstić information content (AvgIpc) is 2.37. The number of nitrogens with one attached hydrogen (secondary N) is 2.